The SMILES string of the molecule is COc1cc(O)cc(Nc2nc3ccccc3nc2CS(=O)(=O)c2cccc(CC(=O)c3cc(C)on3)c2)c1. The number of sulfone groups is 1. The van der Waals surface area contributed by atoms with Crippen LogP contribution in [0.4, 0.5) is 11.5 Å². The predicted molar refractivity (Wildman–Crippen MR) is 144 cm³/mol. The lowest BCUT2D eigenvalue weighted by atomic mass is 10.1. The molecule has 0 aliphatic rings. The highest BCUT2D eigenvalue weighted by molar-refractivity contribution is 7.90. The van der Waals surface area contributed by atoms with Crippen LogP contribution in [0.15, 0.2) is 82.2 Å². The molecule has 0 atom stereocenters. The van der Waals surface area contributed by atoms with E-state index in [1.165, 1.54) is 37.4 Å². The molecular weight excluding hydrogens is 520 g/mol. The fourth-order valence-corrected chi connectivity index (χ4v) is 5.38. The van der Waals surface area contributed by atoms with Crippen molar-refractivity contribution in [2.45, 2.75) is 24.0 Å². The van der Waals surface area contributed by atoms with Crippen LogP contribution in [-0.2, 0) is 22.0 Å². The molecule has 2 N–H and O–H groups in total. The fraction of sp³-hybridized carbons (Fsp3) is 0.143. The van der Waals surface area contributed by atoms with Crippen molar-refractivity contribution in [1.82, 2.24) is 15.1 Å². The molecule has 3 aromatic carbocycles. The molecule has 198 valence electrons. The molecule has 0 fully saturated rings. The van der Waals surface area contributed by atoms with Crippen molar-refractivity contribution in [2.75, 3.05) is 12.4 Å². The maximum Gasteiger partial charge on any atom is 0.189 e. The van der Waals surface area contributed by atoms with Crippen molar-refractivity contribution >= 4 is 38.2 Å². The molecule has 0 aliphatic heterocycles. The number of carbonyl (C=O) groups excluding carboxylic acids is 1. The molecular formula is C28H24N4O6S. The molecule has 2 heterocycles. The van der Waals surface area contributed by atoms with E-state index in [0.717, 1.165) is 0 Å². The Morgan fingerprint density at radius 1 is 1.00 bits per heavy atom. The molecule has 11 heteroatoms. The first-order valence-electron chi connectivity index (χ1n) is 11.9. The van der Waals surface area contributed by atoms with Gasteiger partial charge in [0.15, 0.2) is 21.4 Å². The number of ketones is 1. The third-order valence-electron chi connectivity index (χ3n) is 5.90. The average Bonchev–Trinajstić information content (AvgIpc) is 3.35. The number of carbonyl (C=O) groups is 1. The van der Waals surface area contributed by atoms with E-state index < -0.39 is 15.6 Å². The van der Waals surface area contributed by atoms with Gasteiger partial charge in [0.25, 0.3) is 0 Å². The number of hydrogen-bond donors (Lipinski definition) is 2. The summed E-state index contributed by atoms with van der Waals surface area (Å²) in [6.45, 7) is 1.69. The minimum absolute atomic E-state index is 0.0305. The van der Waals surface area contributed by atoms with Gasteiger partial charge in [-0.2, -0.15) is 0 Å². The van der Waals surface area contributed by atoms with Gasteiger partial charge in [0, 0.05) is 36.4 Å². The third kappa shape index (κ3) is 5.88. The summed E-state index contributed by atoms with van der Waals surface area (Å²) in [6, 6.07) is 19.4. The van der Waals surface area contributed by atoms with Gasteiger partial charge in [0.05, 0.1) is 28.7 Å². The summed E-state index contributed by atoms with van der Waals surface area (Å²) in [5.41, 5.74) is 2.44. The van der Waals surface area contributed by atoms with Gasteiger partial charge in [-0.3, -0.25) is 4.79 Å². The van der Waals surface area contributed by atoms with Gasteiger partial charge in [-0.15, -0.1) is 0 Å². The van der Waals surface area contributed by atoms with E-state index in [1.807, 2.05) is 6.07 Å². The monoisotopic (exact) mass is 544 g/mol. The van der Waals surface area contributed by atoms with Crippen molar-refractivity contribution in [3.05, 3.63) is 95.5 Å². The van der Waals surface area contributed by atoms with Crippen molar-refractivity contribution in [3.8, 4) is 11.5 Å². The number of phenolic OH excluding ortho intramolecular Hbond substituents is 1. The molecule has 0 saturated carbocycles. The number of aromatic hydroxyl groups is 1. The van der Waals surface area contributed by atoms with Gasteiger partial charge in [-0.1, -0.05) is 29.4 Å². The lowest BCUT2D eigenvalue weighted by Crippen LogP contribution is -2.11. The Hall–Kier alpha value is -4.77. The minimum atomic E-state index is -3.90. The maximum atomic E-state index is 13.5. The summed E-state index contributed by atoms with van der Waals surface area (Å²) in [7, 11) is -2.43. The third-order valence-corrected chi connectivity index (χ3v) is 7.52. The number of phenols is 1. The Morgan fingerprint density at radius 2 is 1.77 bits per heavy atom. The lowest BCUT2D eigenvalue weighted by molar-refractivity contribution is 0.0984. The van der Waals surface area contributed by atoms with Crippen LogP contribution in [0.25, 0.3) is 11.0 Å². The zero-order valence-corrected chi connectivity index (χ0v) is 21.9. The first kappa shape index (κ1) is 25.9. The first-order chi connectivity index (χ1) is 18.7. The Balaban J connectivity index is 1.47. The van der Waals surface area contributed by atoms with E-state index in [1.54, 1.807) is 43.3 Å². The van der Waals surface area contributed by atoms with Crippen LogP contribution in [0.5, 0.6) is 11.5 Å². The number of para-hydroxylation sites is 2. The Bertz CT molecular complexity index is 1800. The smallest absolute Gasteiger partial charge is 0.189 e. The number of methoxy groups -OCH3 is 1. The van der Waals surface area contributed by atoms with Crippen LogP contribution in [0.1, 0.15) is 27.5 Å². The molecule has 5 rings (SSSR count). The van der Waals surface area contributed by atoms with Crippen LogP contribution in [0.2, 0.25) is 0 Å². The molecule has 0 bridgehead atoms. The second-order valence-corrected chi connectivity index (χ2v) is 10.9. The summed E-state index contributed by atoms with van der Waals surface area (Å²) < 4.78 is 37.3. The molecule has 0 radical (unpaired) electrons. The molecule has 39 heavy (non-hydrogen) atoms. The summed E-state index contributed by atoms with van der Waals surface area (Å²) in [5.74, 6) is 0.370. The number of hydrogen-bond acceptors (Lipinski definition) is 10. The van der Waals surface area contributed by atoms with E-state index in [9.17, 15) is 18.3 Å². The zero-order valence-electron chi connectivity index (χ0n) is 21.1. The number of Topliss-reactive ketones (excluding diaryl/α,β-unsaturated/α-hetero) is 1. The van der Waals surface area contributed by atoms with Gasteiger partial charge in [-0.25, -0.2) is 18.4 Å². The molecule has 5 aromatic rings. The second kappa shape index (κ2) is 10.5. The standard InChI is InChI=1S/C28H24N4O6S/c1-17-10-25(32-38-17)27(34)12-18-6-5-7-22(11-18)39(35,36)16-26-28(31-24-9-4-3-8-23(24)30-26)29-19-13-20(33)15-21(14-19)37-2/h3-11,13-15,33H,12,16H2,1-2H3,(H,29,31). The van der Waals surface area contributed by atoms with Crippen LogP contribution in [0.3, 0.4) is 0 Å². The van der Waals surface area contributed by atoms with Crippen LogP contribution in [0, 0.1) is 6.92 Å². The fourth-order valence-electron chi connectivity index (χ4n) is 4.03. The number of aryl methyl sites for hydroxylation is 1. The Labute approximate surface area is 224 Å². The highest BCUT2D eigenvalue weighted by atomic mass is 32.2. The number of anilines is 2. The van der Waals surface area contributed by atoms with E-state index in [2.05, 4.69) is 20.4 Å². The van der Waals surface area contributed by atoms with E-state index >= 15 is 0 Å². The number of rotatable bonds is 9. The van der Waals surface area contributed by atoms with Crippen molar-refractivity contribution in [1.29, 1.82) is 0 Å². The average molecular weight is 545 g/mol. The number of aromatic nitrogens is 3. The predicted octanol–water partition coefficient (Wildman–Crippen LogP) is 4.78. The van der Waals surface area contributed by atoms with Crippen molar-refractivity contribution < 1.29 is 27.6 Å². The van der Waals surface area contributed by atoms with Crippen LogP contribution in [-0.4, -0.2) is 41.5 Å². The number of ether oxygens (including phenoxy) is 1. The molecule has 0 unspecified atom stereocenters. The number of benzene rings is 3. The number of nitrogens with zero attached hydrogens (tertiary/aromatic N) is 3. The summed E-state index contributed by atoms with van der Waals surface area (Å²) in [4.78, 5) is 21.8. The highest BCUT2D eigenvalue weighted by Gasteiger charge is 2.22. The van der Waals surface area contributed by atoms with Gasteiger partial charge < -0.3 is 19.7 Å². The summed E-state index contributed by atoms with van der Waals surface area (Å²) >= 11 is 0. The van der Waals surface area contributed by atoms with Gasteiger partial charge >= 0.3 is 0 Å². The van der Waals surface area contributed by atoms with Gasteiger partial charge in [0.2, 0.25) is 0 Å². The number of fused-ring (bicyclic) bond motifs is 1. The molecule has 10 nitrogen and oxygen atoms in total. The van der Waals surface area contributed by atoms with E-state index in [4.69, 9.17) is 9.26 Å². The normalized spacial score (nSPS) is 11.4. The molecule has 0 saturated heterocycles. The zero-order chi connectivity index (χ0) is 27.6. The van der Waals surface area contributed by atoms with E-state index in [-0.39, 0.29) is 40.1 Å². The Morgan fingerprint density at radius 3 is 2.49 bits per heavy atom. The molecule has 0 amide bonds. The van der Waals surface area contributed by atoms with Crippen molar-refractivity contribution in [2.24, 2.45) is 0 Å². The van der Waals surface area contributed by atoms with Crippen LogP contribution >= 0.6 is 0 Å². The first-order valence-corrected chi connectivity index (χ1v) is 13.5. The van der Waals surface area contributed by atoms with Gasteiger partial charge in [-0.05, 0) is 36.8 Å². The molecule has 0 spiro atoms. The van der Waals surface area contributed by atoms with Crippen molar-refractivity contribution in [3.63, 3.8) is 0 Å². The topological polar surface area (TPSA) is 145 Å². The number of nitrogens with one attached hydrogen (secondary N) is 1. The quantitative estimate of drug-likeness (QED) is 0.249. The minimum Gasteiger partial charge on any atom is -0.508 e. The van der Waals surface area contributed by atoms with E-state index in [0.29, 0.717) is 33.8 Å². The van der Waals surface area contributed by atoms with Crippen LogP contribution < -0.4 is 10.1 Å². The summed E-state index contributed by atoms with van der Waals surface area (Å²) in [5, 5.41) is 16.9. The maximum absolute atomic E-state index is 13.5. The molecule has 0 aliphatic carbocycles. The lowest BCUT2D eigenvalue weighted by Gasteiger charge is -2.14. The molecule has 2 aromatic heterocycles. The highest BCUT2D eigenvalue weighted by Crippen LogP contribution is 2.30. The largest absolute Gasteiger partial charge is 0.508 e. The Kier molecular flexibility index (Phi) is 6.99. The second-order valence-electron chi connectivity index (χ2n) is 8.88. The summed E-state index contributed by atoms with van der Waals surface area (Å²) in [6.07, 6.45) is -0.0305. The van der Waals surface area contributed by atoms with Gasteiger partial charge in [0.1, 0.15) is 28.7 Å².